The Labute approximate surface area is 185 Å². The highest BCUT2D eigenvalue weighted by atomic mass is 16.2. The van der Waals surface area contributed by atoms with Gasteiger partial charge in [0.1, 0.15) is 0 Å². The second kappa shape index (κ2) is 9.23. The molecule has 2 fully saturated rings. The number of nitrogens with one attached hydrogen (secondary N) is 1. The van der Waals surface area contributed by atoms with Gasteiger partial charge in [0.25, 0.3) is 5.91 Å². The molecule has 4 rings (SSSR count). The maximum atomic E-state index is 13.1. The fourth-order valence-corrected chi connectivity index (χ4v) is 5.31. The molecule has 5 nitrogen and oxygen atoms in total. The Hall–Kier alpha value is -2.66. The highest BCUT2D eigenvalue weighted by Crippen LogP contribution is 2.33. The van der Waals surface area contributed by atoms with Gasteiger partial charge in [-0.05, 0) is 48.8 Å². The Morgan fingerprint density at radius 1 is 0.935 bits per heavy atom. The Morgan fingerprint density at radius 2 is 1.55 bits per heavy atom. The predicted octanol–water partition coefficient (Wildman–Crippen LogP) is 3.57. The van der Waals surface area contributed by atoms with E-state index in [1.54, 1.807) is 6.92 Å². The fourth-order valence-electron chi connectivity index (χ4n) is 5.31. The first-order valence-corrected chi connectivity index (χ1v) is 11.3. The molecule has 0 aromatic heterocycles. The van der Waals surface area contributed by atoms with Crippen LogP contribution in [0, 0.1) is 25.7 Å². The van der Waals surface area contributed by atoms with Crippen molar-refractivity contribution in [2.45, 2.75) is 33.2 Å². The van der Waals surface area contributed by atoms with E-state index >= 15 is 0 Å². The molecule has 164 valence electrons. The van der Waals surface area contributed by atoms with E-state index in [0.29, 0.717) is 11.8 Å². The average Bonchev–Trinajstić information content (AvgIpc) is 3.30. The monoisotopic (exact) mass is 419 g/mol. The highest BCUT2D eigenvalue weighted by Gasteiger charge is 2.41. The van der Waals surface area contributed by atoms with Crippen LogP contribution in [0.25, 0.3) is 0 Å². The van der Waals surface area contributed by atoms with Crippen LogP contribution in [0.2, 0.25) is 0 Å². The minimum absolute atomic E-state index is 0.00722. The van der Waals surface area contributed by atoms with E-state index < -0.39 is 0 Å². The van der Waals surface area contributed by atoms with Crippen LogP contribution in [0.3, 0.4) is 0 Å². The second-order valence-electron chi connectivity index (χ2n) is 9.21. The summed E-state index contributed by atoms with van der Waals surface area (Å²) in [6, 6.07) is 16.3. The minimum Gasteiger partial charge on any atom is -0.349 e. The van der Waals surface area contributed by atoms with Gasteiger partial charge in [0, 0.05) is 45.2 Å². The Bertz CT molecular complexity index is 909. The maximum absolute atomic E-state index is 13.1. The van der Waals surface area contributed by atoms with E-state index in [1.807, 2.05) is 50.2 Å². The zero-order chi connectivity index (χ0) is 22.0. The molecule has 2 saturated heterocycles. The number of amides is 2. The van der Waals surface area contributed by atoms with Crippen LogP contribution in [0.15, 0.2) is 48.5 Å². The predicted molar refractivity (Wildman–Crippen MR) is 123 cm³/mol. The molecule has 2 heterocycles. The third-order valence-corrected chi connectivity index (χ3v) is 6.86. The van der Waals surface area contributed by atoms with Gasteiger partial charge in [-0.25, -0.2) is 0 Å². The van der Waals surface area contributed by atoms with Crippen molar-refractivity contribution >= 4 is 11.8 Å². The first kappa shape index (κ1) is 21.6. The lowest BCUT2D eigenvalue weighted by atomic mass is 10.0. The van der Waals surface area contributed by atoms with Crippen molar-refractivity contribution in [1.29, 1.82) is 0 Å². The van der Waals surface area contributed by atoms with Crippen molar-refractivity contribution in [2.24, 2.45) is 11.8 Å². The Morgan fingerprint density at radius 3 is 2.13 bits per heavy atom. The molecule has 1 N–H and O–H groups in total. The number of carbonyl (C=O) groups excluding carboxylic acids is 2. The highest BCUT2D eigenvalue weighted by molar-refractivity contribution is 5.97. The van der Waals surface area contributed by atoms with Gasteiger partial charge < -0.3 is 15.1 Å². The van der Waals surface area contributed by atoms with E-state index in [0.717, 1.165) is 61.4 Å². The fraction of sp³-hybridized carbons (Fsp3) is 0.462. The van der Waals surface area contributed by atoms with Crippen LogP contribution in [-0.2, 0) is 4.79 Å². The normalized spacial score (nSPS) is 21.7. The molecule has 2 aromatic rings. The van der Waals surface area contributed by atoms with Crippen molar-refractivity contribution in [3.05, 3.63) is 70.8 Å². The molecular weight excluding hydrogens is 386 g/mol. The van der Waals surface area contributed by atoms with Crippen LogP contribution in [0.1, 0.15) is 46.4 Å². The summed E-state index contributed by atoms with van der Waals surface area (Å²) in [5.74, 6) is 1.28. The molecule has 3 atom stereocenters. The summed E-state index contributed by atoms with van der Waals surface area (Å²) in [6.45, 7) is 10.3. The number of nitrogens with zero attached hydrogens (tertiary/aromatic N) is 2. The lowest BCUT2D eigenvalue weighted by Crippen LogP contribution is -2.35. The summed E-state index contributed by atoms with van der Waals surface area (Å²) in [7, 11) is 0. The van der Waals surface area contributed by atoms with Gasteiger partial charge >= 0.3 is 0 Å². The first-order chi connectivity index (χ1) is 14.9. The second-order valence-corrected chi connectivity index (χ2v) is 9.21. The summed E-state index contributed by atoms with van der Waals surface area (Å²) in [5, 5.41) is 3.10. The number of likely N-dealkylation sites (tertiary alicyclic amines) is 2. The molecule has 5 heteroatoms. The maximum Gasteiger partial charge on any atom is 0.254 e. The molecule has 0 spiro atoms. The molecule has 0 aliphatic carbocycles. The minimum atomic E-state index is 0.00722. The number of hydrogen-bond donors (Lipinski definition) is 1. The lowest BCUT2D eigenvalue weighted by Gasteiger charge is -2.25. The van der Waals surface area contributed by atoms with E-state index in [2.05, 4.69) is 27.2 Å². The number of rotatable bonds is 6. The van der Waals surface area contributed by atoms with Crippen LogP contribution >= 0.6 is 0 Å². The van der Waals surface area contributed by atoms with Gasteiger partial charge in [-0.2, -0.15) is 0 Å². The molecule has 2 aliphatic heterocycles. The van der Waals surface area contributed by atoms with Crippen LogP contribution < -0.4 is 5.32 Å². The molecule has 2 aliphatic rings. The zero-order valence-corrected chi connectivity index (χ0v) is 18.8. The van der Waals surface area contributed by atoms with Gasteiger partial charge in [-0.15, -0.1) is 0 Å². The summed E-state index contributed by atoms with van der Waals surface area (Å²) < 4.78 is 0. The summed E-state index contributed by atoms with van der Waals surface area (Å²) in [5.41, 5.74) is 4.16. The number of benzene rings is 2. The van der Waals surface area contributed by atoms with Gasteiger partial charge in [-0.1, -0.05) is 48.5 Å². The molecule has 2 amide bonds. The lowest BCUT2D eigenvalue weighted by molar-refractivity contribution is -0.119. The van der Waals surface area contributed by atoms with E-state index in [9.17, 15) is 9.59 Å². The van der Waals surface area contributed by atoms with Crippen molar-refractivity contribution in [2.75, 3.05) is 32.7 Å². The molecule has 2 unspecified atom stereocenters. The van der Waals surface area contributed by atoms with Crippen LogP contribution in [0.5, 0.6) is 0 Å². The molecule has 0 saturated carbocycles. The quantitative estimate of drug-likeness (QED) is 0.779. The number of aryl methyl sites for hydroxylation is 2. The van der Waals surface area contributed by atoms with E-state index in [4.69, 9.17) is 0 Å². The third-order valence-electron chi connectivity index (χ3n) is 6.86. The summed E-state index contributed by atoms with van der Waals surface area (Å²) >= 11 is 0. The standard InChI is InChI=1S/C26H33N3O2/c1-18-8-7-9-19(2)25(18)26(31)29-16-22-14-28(15-23(22)17-29)13-12-24(27-20(3)30)21-10-5-4-6-11-21/h4-11,22-24H,12-17H2,1-3H3,(H,27,30)/t22-,23?,24?/m0/s1. The van der Waals surface area contributed by atoms with Gasteiger partial charge in [0.15, 0.2) is 0 Å². The average molecular weight is 420 g/mol. The SMILES string of the molecule is CC(=O)NC(CCN1CC2CN(C(=O)c3c(C)cccc3C)C[C@@H]2C1)c1ccccc1. The van der Waals surface area contributed by atoms with Crippen molar-refractivity contribution in [3.63, 3.8) is 0 Å². The number of hydrogen-bond acceptors (Lipinski definition) is 3. The van der Waals surface area contributed by atoms with E-state index in [1.165, 1.54) is 0 Å². The summed E-state index contributed by atoms with van der Waals surface area (Å²) in [4.78, 5) is 29.4. The summed E-state index contributed by atoms with van der Waals surface area (Å²) in [6.07, 6.45) is 0.897. The number of carbonyl (C=O) groups is 2. The molecule has 0 bridgehead atoms. The zero-order valence-electron chi connectivity index (χ0n) is 18.8. The van der Waals surface area contributed by atoms with Crippen LogP contribution in [-0.4, -0.2) is 54.3 Å². The first-order valence-electron chi connectivity index (χ1n) is 11.3. The molecule has 31 heavy (non-hydrogen) atoms. The van der Waals surface area contributed by atoms with Gasteiger partial charge in [0.05, 0.1) is 6.04 Å². The largest absolute Gasteiger partial charge is 0.349 e. The van der Waals surface area contributed by atoms with E-state index in [-0.39, 0.29) is 17.9 Å². The molecular formula is C26H33N3O2. The molecule has 2 aromatic carbocycles. The van der Waals surface area contributed by atoms with Gasteiger partial charge in [0.2, 0.25) is 5.91 Å². The van der Waals surface area contributed by atoms with Crippen molar-refractivity contribution in [3.8, 4) is 0 Å². The Kier molecular flexibility index (Phi) is 6.42. The van der Waals surface area contributed by atoms with Crippen molar-refractivity contribution in [1.82, 2.24) is 15.1 Å². The number of fused-ring (bicyclic) bond motifs is 1. The van der Waals surface area contributed by atoms with Crippen LogP contribution in [0.4, 0.5) is 0 Å². The smallest absolute Gasteiger partial charge is 0.254 e. The van der Waals surface area contributed by atoms with Crippen molar-refractivity contribution < 1.29 is 9.59 Å². The Balaban J connectivity index is 1.33. The topological polar surface area (TPSA) is 52.7 Å². The van der Waals surface area contributed by atoms with Gasteiger partial charge in [-0.3, -0.25) is 9.59 Å². The molecule has 0 radical (unpaired) electrons. The third kappa shape index (κ3) is 4.82.